The van der Waals surface area contributed by atoms with Gasteiger partial charge in [-0.2, -0.15) is 0 Å². The number of carboxylic acids is 1. The van der Waals surface area contributed by atoms with Crippen LogP contribution in [0, 0.1) is 11.6 Å². The molecule has 0 saturated heterocycles. The van der Waals surface area contributed by atoms with Crippen molar-refractivity contribution in [2.24, 2.45) is 7.05 Å². The molecule has 0 aliphatic heterocycles. The number of hydrogen-bond donors (Lipinski definition) is 1. The molecule has 0 bridgehead atoms. The van der Waals surface area contributed by atoms with Gasteiger partial charge in [0.05, 0.1) is 21.7 Å². The zero-order valence-corrected chi connectivity index (χ0v) is 24.6. The molecule has 4 nitrogen and oxygen atoms in total. The van der Waals surface area contributed by atoms with Crippen LogP contribution in [0.2, 0.25) is 10.0 Å². The van der Waals surface area contributed by atoms with Crippen molar-refractivity contribution in [2.75, 3.05) is 0 Å². The largest absolute Gasteiger partial charge is 0.481 e. The summed E-state index contributed by atoms with van der Waals surface area (Å²) in [4.78, 5) is 16.1. The number of aliphatic carboxylic acids is 1. The fourth-order valence-electron chi connectivity index (χ4n) is 3.89. The molecule has 0 radical (unpaired) electrons. The number of carboxylic acid groups (broad SMARTS) is 1. The summed E-state index contributed by atoms with van der Waals surface area (Å²) in [6.45, 7) is 7.37. The Morgan fingerprint density at radius 2 is 1.59 bits per heavy atom. The van der Waals surface area contributed by atoms with Crippen LogP contribution in [0.5, 0.6) is 0 Å². The number of halogens is 4. The number of hydrogen-bond acceptors (Lipinski definition) is 3. The maximum atomic E-state index is 14.4. The molecule has 0 saturated carbocycles. The van der Waals surface area contributed by atoms with Crippen molar-refractivity contribution in [2.45, 2.75) is 49.4 Å². The molecule has 1 N–H and O–H groups in total. The number of aromatic nitrogens is 2. The number of thioether (sulfide) groups is 1. The second-order valence-electron chi connectivity index (χ2n) is 10.1. The zero-order chi connectivity index (χ0) is 29.0. The lowest BCUT2D eigenvalue weighted by Crippen LogP contribution is -2.28. The summed E-state index contributed by atoms with van der Waals surface area (Å²) in [5, 5.41) is 11.2. The number of imidazole rings is 1. The third kappa shape index (κ3) is 7.21. The molecule has 0 aliphatic rings. The van der Waals surface area contributed by atoms with E-state index < -0.39 is 11.4 Å². The minimum Gasteiger partial charge on any atom is -0.481 e. The second-order valence-corrected chi connectivity index (χ2v) is 11.8. The van der Waals surface area contributed by atoms with Crippen LogP contribution in [0.15, 0.2) is 78.1 Å². The van der Waals surface area contributed by atoms with Crippen molar-refractivity contribution in [3.05, 3.63) is 117 Å². The van der Waals surface area contributed by atoms with Crippen LogP contribution in [0.1, 0.15) is 50.1 Å². The van der Waals surface area contributed by atoms with E-state index in [4.69, 9.17) is 23.2 Å². The molecule has 39 heavy (non-hydrogen) atoms. The fourth-order valence-corrected chi connectivity index (χ4v) is 5.12. The zero-order valence-electron chi connectivity index (χ0n) is 22.3. The molecule has 206 valence electrons. The van der Waals surface area contributed by atoms with Gasteiger partial charge in [-0.3, -0.25) is 4.79 Å². The number of benzene rings is 3. The van der Waals surface area contributed by atoms with E-state index in [0.717, 1.165) is 16.4 Å². The fraction of sp³-hybridized carbons (Fsp3) is 0.267. The van der Waals surface area contributed by atoms with Crippen molar-refractivity contribution < 1.29 is 18.7 Å². The molecule has 0 amide bonds. The predicted molar refractivity (Wildman–Crippen MR) is 155 cm³/mol. The Morgan fingerprint density at radius 3 is 2.15 bits per heavy atom. The molecule has 0 aliphatic carbocycles. The summed E-state index contributed by atoms with van der Waals surface area (Å²) in [6.07, 6.45) is 1.81. The predicted octanol–water partition coefficient (Wildman–Crippen LogP) is 8.67. The summed E-state index contributed by atoms with van der Waals surface area (Å²) in [5.74, 6) is -1.18. The van der Waals surface area contributed by atoms with Crippen LogP contribution >= 0.6 is 35.0 Å². The summed E-state index contributed by atoms with van der Waals surface area (Å²) in [7, 11) is 1.92. The first-order valence-electron chi connectivity index (χ1n) is 12.1. The lowest BCUT2D eigenvalue weighted by molar-refractivity contribution is -0.142. The second kappa shape index (κ2) is 12.5. The van der Waals surface area contributed by atoms with Gasteiger partial charge >= 0.3 is 5.97 Å². The SMILES string of the molecule is Cn1c(C(C)(C)c2ccc(Cl)c(Cl)c2)cnc1SCc1cc(C(C)(C)C(=O)O)ccc1F.Fc1ccccc1. The van der Waals surface area contributed by atoms with Crippen LogP contribution in [-0.2, 0) is 28.4 Å². The Bertz CT molecular complexity index is 1460. The van der Waals surface area contributed by atoms with E-state index in [1.807, 2.05) is 29.9 Å². The first-order valence-corrected chi connectivity index (χ1v) is 13.8. The highest BCUT2D eigenvalue weighted by Crippen LogP contribution is 2.37. The van der Waals surface area contributed by atoms with Gasteiger partial charge < -0.3 is 9.67 Å². The van der Waals surface area contributed by atoms with Gasteiger partial charge in [-0.05, 0) is 60.9 Å². The molecular weight excluding hydrogens is 561 g/mol. The summed E-state index contributed by atoms with van der Waals surface area (Å²) in [5.41, 5.74) is 1.48. The van der Waals surface area contributed by atoms with Gasteiger partial charge in [0.1, 0.15) is 11.6 Å². The van der Waals surface area contributed by atoms with Crippen LogP contribution < -0.4 is 0 Å². The van der Waals surface area contributed by atoms with E-state index in [0.29, 0.717) is 26.9 Å². The summed E-state index contributed by atoms with van der Waals surface area (Å²) >= 11 is 13.7. The normalized spacial score (nSPS) is 11.6. The Morgan fingerprint density at radius 1 is 0.949 bits per heavy atom. The molecule has 0 atom stereocenters. The highest BCUT2D eigenvalue weighted by molar-refractivity contribution is 7.98. The number of nitrogens with zero attached hydrogens (tertiary/aromatic N) is 2. The van der Waals surface area contributed by atoms with Crippen LogP contribution in [0.4, 0.5) is 8.78 Å². The van der Waals surface area contributed by atoms with Crippen LogP contribution in [0.3, 0.4) is 0 Å². The van der Waals surface area contributed by atoms with E-state index in [2.05, 4.69) is 18.8 Å². The molecule has 1 aromatic heterocycles. The molecule has 0 unspecified atom stereocenters. The average molecular weight is 592 g/mol. The Labute approximate surface area is 242 Å². The lowest BCUT2D eigenvalue weighted by Gasteiger charge is -2.26. The summed E-state index contributed by atoms with van der Waals surface area (Å²) in [6, 6.07) is 18.0. The Kier molecular flexibility index (Phi) is 9.86. The van der Waals surface area contributed by atoms with E-state index >= 15 is 0 Å². The van der Waals surface area contributed by atoms with Crippen LogP contribution in [-0.4, -0.2) is 20.6 Å². The van der Waals surface area contributed by atoms with Gasteiger partial charge in [0, 0.05) is 23.9 Å². The van der Waals surface area contributed by atoms with E-state index in [1.165, 1.54) is 36.0 Å². The van der Waals surface area contributed by atoms with Crippen molar-refractivity contribution in [3.8, 4) is 0 Å². The van der Waals surface area contributed by atoms with Gasteiger partial charge in [-0.1, -0.05) is 85.2 Å². The molecule has 0 spiro atoms. The highest BCUT2D eigenvalue weighted by atomic mass is 35.5. The van der Waals surface area contributed by atoms with E-state index in [9.17, 15) is 18.7 Å². The first-order chi connectivity index (χ1) is 18.2. The standard InChI is InChI=1S/C24H25Cl2FN2O2S.C6H5F/c1-23(2,16-6-8-17(25)18(26)11-16)20-12-28-22(29(20)5)32-13-14-10-15(7-9-19(14)27)24(3,4)21(30)31;7-6-4-2-1-3-5-6/h6-12H,13H2,1-5H3,(H,30,31);1-5H. The van der Waals surface area contributed by atoms with Crippen molar-refractivity contribution >= 4 is 40.9 Å². The van der Waals surface area contributed by atoms with E-state index in [1.54, 1.807) is 44.2 Å². The van der Waals surface area contributed by atoms with Gasteiger partial charge in [0.2, 0.25) is 0 Å². The molecule has 4 rings (SSSR count). The van der Waals surface area contributed by atoms with Crippen molar-refractivity contribution in [1.82, 2.24) is 9.55 Å². The smallest absolute Gasteiger partial charge is 0.313 e. The van der Waals surface area contributed by atoms with E-state index in [-0.39, 0.29) is 17.0 Å². The third-order valence-corrected chi connectivity index (χ3v) is 8.45. The molecule has 1 heterocycles. The van der Waals surface area contributed by atoms with Gasteiger partial charge in [0.25, 0.3) is 0 Å². The average Bonchev–Trinajstić information content (AvgIpc) is 3.26. The highest BCUT2D eigenvalue weighted by Gasteiger charge is 2.31. The molecular formula is C30H30Cl2F2N2O2S. The summed E-state index contributed by atoms with van der Waals surface area (Å²) < 4.78 is 28.3. The minimum atomic E-state index is -1.10. The molecule has 0 fully saturated rings. The van der Waals surface area contributed by atoms with Crippen molar-refractivity contribution in [3.63, 3.8) is 0 Å². The van der Waals surface area contributed by atoms with Crippen LogP contribution in [0.25, 0.3) is 0 Å². The maximum Gasteiger partial charge on any atom is 0.313 e. The molecule has 9 heteroatoms. The Balaban J connectivity index is 0.000000520. The molecule has 3 aromatic carbocycles. The molecule has 4 aromatic rings. The minimum absolute atomic E-state index is 0.178. The van der Waals surface area contributed by atoms with Gasteiger partial charge in [-0.25, -0.2) is 13.8 Å². The van der Waals surface area contributed by atoms with Gasteiger partial charge in [0.15, 0.2) is 5.16 Å². The topological polar surface area (TPSA) is 55.1 Å². The van der Waals surface area contributed by atoms with Gasteiger partial charge in [-0.15, -0.1) is 0 Å². The third-order valence-electron chi connectivity index (χ3n) is 6.62. The quantitative estimate of drug-likeness (QED) is 0.219. The monoisotopic (exact) mass is 590 g/mol. The number of carbonyl (C=O) groups is 1. The van der Waals surface area contributed by atoms with Crippen molar-refractivity contribution in [1.29, 1.82) is 0 Å². The Hall–Kier alpha value is -2.87. The lowest BCUT2D eigenvalue weighted by atomic mass is 9.82. The maximum absolute atomic E-state index is 14.4. The number of rotatable bonds is 7. The first kappa shape index (κ1) is 30.7.